The summed E-state index contributed by atoms with van der Waals surface area (Å²) in [5.41, 5.74) is 1.62. The standard InChI is InChI=1S/C14H15N3OS/c18-14(15-11-8-4-5-9-11)13-12(16-17-19-13)10-6-2-1-3-7-10/h1-3,6-7,11H,4-5,8-9H2,(H,15,18). The van der Waals surface area contributed by atoms with Gasteiger partial charge in [0, 0.05) is 11.6 Å². The fourth-order valence-electron chi connectivity index (χ4n) is 2.45. The Hall–Kier alpha value is -1.75. The number of nitrogens with zero attached hydrogens (tertiary/aromatic N) is 2. The smallest absolute Gasteiger partial charge is 0.265 e. The molecule has 1 aromatic heterocycles. The first-order valence-corrected chi connectivity index (χ1v) is 7.30. The highest BCUT2D eigenvalue weighted by Gasteiger charge is 2.22. The van der Waals surface area contributed by atoms with Crippen molar-refractivity contribution >= 4 is 17.4 Å². The van der Waals surface area contributed by atoms with E-state index >= 15 is 0 Å². The van der Waals surface area contributed by atoms with Crippen LogP contribution in [0.25, 0.3) is 11.3 Å². The number of carbonyl (C=O) groups excluding carboxylic acids is 1. The Labute approximate surface area is 116 Å². The second kappa shape index (κ2) is 5.48. The molecule has 0 spiro atoms. The number of amides is 1. The van der Waals surface area contributed by atoms with Crippen molar-refractivity contribution in [3.8, 4) is 11.3 Å². The van der Waals surface area contributed by atoms with Gasteiger partial charge in [-0.2, -0.15) is 0 Å². The number of nitrogens with one attached hydrogen (secondary N) is 1. The topological polar surface area (TPSA) is 54.9 Å². The van der Waals surface area contributed by atoms with Crippen LogP contribution in [-0.2, 0) is 0 Å². The highest BCUT2D eigenvalue weighted by Crippen LogP contribution is 2.24. The van der Waals surface area contributed by atoms with E-state index in [-0.39, 0.29) is 5.91 Å². The Morgan fingerprint density at radius 1 is 1.21 bits per heavy atom. The Kier molecular flexibility index (Phi) is 3.55. The minimum Gasteiger partial charge on any atom is -0.348 e. The van der Waals surface area contributed by atoms with Crippen LogP contribution >= 0.6 is 11.5 Å². The Balaban J connectivity index is 1.81. The average molecular weight is 273 g/mol. The molecule has 1 heterocycles. The highest BCUT2D eigenvalue weighted by atomic mass is 32.1. The summed E-state index contributed by atoms with van der Waals surface area (Å²) in [7, 11) is 0. The van der Waals surface area contributed by atoms with Crippen LogP contribution in [-0.4, -0.2) is 21.5 Å². The molecule has 19 heavy (non-hydrogen) atoms. The van der Waals surface area contributed by atoms with E-state index in [1.165, 1.54) is 12.8 Å². The molecule has 1 N–H and O–H groups in total. The molecule has 98 valence electrons. The summed E-state index contributed by atoms with van der Waals surface area (Å²) in [6.45, 7) is 0. The molecule has 2 aromatic rings. The van der Waals surface area contributed by atoms with Gasteiger partial charge in [0.15, 0.2) is 0 Å². The van der Waals surface area contributed by atoms with Crippen LogP contribution in [0.5, 0.6) is 0 Å². The number of aromatic nitrogens is 2. The lowest BCUT2D eigenvalue weighted by Gasteiger charge is -2.10. The van der Waals surface area contributed by atoms with E-state index in [1.54, 1.807) is 0 Å². The fourth-order valence-corrected chi connectivity index (χ4v) is 3.04. The molecule has 1 aliphatic rings. The van der Waals surface area contributed by atoms with Crippen molar-refractivity contribution in [2.45, 2.75) is 31.7 Å². The molecular weight excluding hydrogens is 258 g/mol. The minimum atomic E-state index is -0.0410. The molecular formula is C14H15N3OS. The van der Waals surface area contributed by atoms with Gasteiger partial charge < -0.3 is 5.32 Å². The van der Waals surface area contributed by atoms with Crippen LogP contribution in [0.3, 0.4) is 0 Å². The van der Waals surface area contributed by atoms with Gasteiger partial charge in [-0.05, 0) is 24.4 Å². The van der Waals surface area contributed by atoms with Gasteiger partial charge in [-0.15, -0.1) is 5.10 Å². The molecule has 0 bridgehead atoms. The number of hydrogen-bond acceptors (Lipinski definition) is 4. The van der Waals surface area contributed by atoms with E-state index in [2.05, 4.69) is 14.9 Å². The number of benzene rings is 1. The molecule has 1 fully saturated rings. The minimum absolute atomic E-state index is 0.0410. The first-order chi connectivity index (χ1) is 9.34. The average Bonchev–Trinajstić information content (AvgIpc) is 3.10. The molecule has 1 amide bonds. The molecule has 4 nitrogen and oxygen atoms in total. The third kappa shape index (κ3) is 2.66. The van der Waals surface area contributed by atoms with Crippen molar-refractivity contribution in [3.63, 3.8) is 0 Å². The molecule has 3 rings (SSSR count). The van der Waals surface area contributed by atoms with Gasteiger partial charge in [-0.25, -0.2) is 0 Å². The zero-order chi connectivity index (χ0) is 13.1. The van der Waals surface area contributed by atoms with E-state index in [4.69, 9.17) is 0 Å². The van der Waals surface area contributed by atoms with Crippen molar-refractivity contribution in [2.75, 3.05) is 0 Å². The van der Waals surface area contributed by atoms with Crippen LogP contribution in [0.15, 0.2) is 30.3 Å². The van der Waals surface area contributed by atoms with E-state index in [9.17, 15) is 4.79 Å². The largest absolute Gasteiger partial charge is 0.348 e. The SMILES string of the molecule is O=C(NC1CCCC1)c1snnc1-c1ccccc1. The maximum absolute atomic E-state index is 12.3. The van der Waals surface area contributed by atoms with Crippen LogP contribution in [0, 0.1) is 0 Å². The summed E-state index contributed by atoms with van der Waals surface area (Å²) in [4.78, 5) is 12.9. The normalized spacial score (nSPS) is 15.6. The summed E-state index contributed by atoms with van der Waals surface area (Å²) >= 11 is 1.16. The molecule has 0 aliphatic heterocycles. The maximum atomic E-state index is 12.3. The highest BCUT2D eigenvalue weighted by molar-refractivity contribution is 7.08. The number of rotatable bonds is 3. The van der Waals surface area contributed by atoms with Crippen molar-refractivity contribution in [1.82, 2.24) is 14.9 Å². The lowest BCUT2D eigenvalue weighted by molar-refractivity contribution is 0.0942. The van der Waals surface area contributed by atoms with Crippen molar-refractivity contribution in [1.29, 1.82) is 0 Å². The lowest BCUT2D eigenvalue weighted by Crippen LogP contribution is -2.32. The van der Waals surface area contributed by atoms with Crippen molar-refractivity contribution in [2.24, 2.45) is 0 Å². The zero-order valence-corrected chi connectivity index (χ0v) is 11.3. The third-order valence-corrected chi connectivity index (χ3v) is 4.16. The molecule has 1 aromatic carbocycles. The van der Waals surface area contributed by atoms with Gasteiger partial charge in [0.2, 0.25) is 0 Å². The van der Waals surface area contributed by atoms with Gasteiger partial charge in [0.1, 0.15) is 10.6 Å². The van der Waals surface area contributed by atoms with Crippen LogP contribution in [0.1, 0.15) is 35.4 Å². The first-order valence-electron chi connectivity index (χ1n) is 6.53. The summed E-state index contributed by atoms with van der Waals surface area (Å²) < 4.78 is 3.92. The van der Waals surface area contributed by atoms with Crippen LogP contribution in [0.4, 0.5) is 0 Å². The van der Waals surface area contributed by atoms with E-state index in [0.29, 0.717) is 16.6 Å². The molecule has 0 radical (unpaired) electrons. The summed E-state index contributed by atoms with van der Waals surface area (Å²) in [6.07, 6.45) is 4.58. The summed E-state index contributed by atoms with van der Waals surface area (Å²) in [5, 5.41) is 7.17. The van der Waals surface area contributed by atoms with E-state index < -0.39 is 0 Å². The van der Waals surface area contributed by atoms with Crippen LogP contribution < -0.4 is 5.32 Å². The Morgan fingerprint density at radius 3 is 2.68 bits per heavy atom. The quantitative estimate of drug-likeness (QED) is 0.935. The second-order valence-electron chi connectivity index (χ2n) is 4.77. The summed E-state index contributed by atoms with van der Waals surface area (Å²) in [5.74, 6) is -0.0410. The van der Waals surface area contributed by atoms with Crippen LogP contribution in [0.2, 0.25) is 0 Å². The molecule has 5 heteroatoms. The molecule has 0 atom stereocenters. The van der Waals surface area contributed by atoms with Crippen molar-refractivity contribution < 1.29 is 4.79 Å². The zero-order valence-electron chi connectivity index (χ0n) is 10.5. The molecule has 0 unspecified atom stereocenters. The maximum Gasteiger partial charge on any atom is 0.265 e. The van der Waals surface area contributed by atoms with Gasteiger partial charge in [0.05, 0.1) is 0 Å². The molecule has 1 aliphatic carbocycles. The van der Waals surface area contributed by atoms with E-state index in [0.717, 1.165) is 29.9 Å². The Bertz CT molecular complexity index is 561. The third-order valence-electron chi connectivity index (χ3n) is 3.43. The molecule has 1 saturated carbocycles. The molecule has 0 saturated heterocycles. The van der Waals surface area contributed by atoms with Gasteiger partial charge in [0.25, 0.3) is 5.91 Å². The van der Waals surface area contributed by atoms with Gasteiger partial charge in [-0.3, -0.25) is 4.79 Å². The Morgan fingerprint density at radius 2 is 1.95 bits per heavy atom. The van der Waals surface area contributed by atoms with Gasteiger partial charge >= 0.3 is 0 Å². The van der Waals surface area contributed by atoms with Gasteiger partial charge in [-0.1, -0.05) is 47.7 Å². The predicted octanol–water partition coefficient (Wildman–Crippen LogP) is 2.88. The summed E-state index contributed by atoms with van der Waals surface area (Å²) in [6, 6.07) is 10.0. The second-order valence-corrected chi connectivity index (χ2v) is 5.53. The predicted molar refractivity (Wildman–Crippen MR) is 75.1 cm³/mol. The number of carbonyl (C=O) groups is 1. The lowest BCUT2D eigenvalue weighted by atomic mass is 10.1. The van der Waals surface area contributed by atoms with E-state index in [1.807, 2.05) is 30.3 Å². The number of hydrogen-bond donors (Lipinski definition) is 1. The van der Waals surface area contributed by atoms with Crippen molar-refractivity contribution in [3.05, 3.63) is 35.2 Å². The monoisotopic (exact) mass is 273 g/mol. The fraction of sp³-hybridized carbons (Fsp3) is 0.357. The first kappa shape index (κ1) is 12.3.